The number of amides is 1. The zero-order chi connectivity index (χ0) is 23.6. The van der Waals surface area contributed by atoms with Gasteiger partial charge in [-0.05, 0) is 57.7 Å². The van der Waals surface area contributed by atoms with Gasteiger partial charge in [-0.3, -0.25) is 4.79 Å². The lowest BCUT2D eigenvalue weighted by molar-refractivity contribution is -0.141. The minimum atomic E-state index is -3.94. The number of morpholine rings is 1. The molecule has 0 radical (unpaired) electrons. The minimum absolute atomic E-state index is 0.0138. The SMILES string of the molecule is CC1CCN(C(=O)[C@@H](C)OC(=O)c2ccc(Cl)c(S(=O)(=O)N3C[C@@H](C)O[C@@H](C)C3)c2)CC1. The molecule has 3 atom stereocenters. The van der Waals surface area contributed by atoms with Crippen LogP contribution in [-0.4, -0.2) is 74.0 Å². The van der Waals surface area contributed by atoms with E-state index in [1.807, 2.05) is 0 Å². The van der Waals surface area contributed by atoms with Crippen LogP contribution in [0.5, 0.6) is 0 Å². The Hall–Kier alpha value is -1.68. The van der Waals surface area contributed by atoms with Gasteiger partial charge in [-0.15, -0.1) is 0 Å². The molecule has 0 N–H and O–H groups in total. The van der Waals surface area contributed by atoms with Gasteiger partial charge in [-0.2, -0.15) is 4.31 Å². The first-order valence-corrected chi connectivity index (χ1v) is 12.8. The molecule has 32 heavy (non-hydrogen) atoms. The Labute approximate surface area is 194 Å². The molecule has 10 heteroatoms. The number of hydrogen-bond acceptors (Lipinski definition) is 6. The normalized spacial score (nSPS) is 24.2. The second-order valence-electron chi connectivity index (χ2n) is 8.78. The standard InChI is InChI=1S/C22H31ClN2O6S/c1-14-7-9-24(10-8-14)21(26)17(4)31-22(27)18-5-6-19(23)20(11-18)32(28,29)25-12-15(2)30-16(3)13-25/h5-6,11,14-17H,7-10,12-13H2,1-4H3/t15-,16+,17-/m1/s1. The Morgan fingerprint density at radius 1 is 1.12 bits per heavy atom. The van der Waals surface area contributed by atoms with E-state index in [9.17, 15) is 18.0 Å². The molecule has 1 amide bonds. The average Bonchev–Trinajstić information content (AvgIpc) is 2.73. The fourth-order valence-electron chi connectivity index (χ4n) is 4.06. The summed E-state index contributed by atoms with van der Waals surface area (Å²) in [4.78, 5) is 26.9. The summed E-state index contributed by atoms with van der Waals surface area (Å²) in [5.74, 6) is -0.444. The van der Waals surface area contributed by atoms with Crippen molar-refractivity contribution in [3.05, 3.63) is 28.8 Å². The van der Waals surface area contributed by atoms with E-state index < -0.39 is 22.1 Å². The largest absolute Gasteiger partial charge is 0.449 e. The summed E-state index contributed by atoms with van der Waals surface area (Å²) >= 11 is 6.20. The van der Waals surface area contributed by atoms with Crippen LogP contribution in [0, 0.1) is 5.92 Å². The second-order valence-corrected chi connectivity index (χ2v) is 11.1. The first-order valence-electron chi connectivity index (χ1n) is 10.9. The molecule has 1 aromatic rings. The van der Waals surface area contributed by atoms with Gasteiger partial charge in [-0.1, -0.05) is 18.5 Å². The molecular weight excluding hydrogens is 456 g/mol. The monoisotopic (exact) mass is 486 g/mol. The van der Waals surface area contributed by atoms with Crippen LogP contribution in [0.4, 0.5) is 0 Å². The summed E-state index contributed by atoms with van der Waals surface area (Å²) in [5.41, 5.74) is 0.0225. The molecule has 8 nitrogen and oxygen atoms in total. The summed E-state index contributed by atoms with van der Waals surface area (Å²) in [5, 5.41) is 0.0138. The van der Waals surface area contributed by atoms with E-state index in [0.29, 0.717) is 19.0 Å². The highest BCUT2D eigenvalue weighted by Crippen LogP contribution is 2.28. The third-order valence-corrected chi connectivity index (χ3v) is 8.21. The lowest BCUT2D eigenvalue weighted by atomic mass is 9.99. The molecule has 3 rings (SSSR count). The number of benzene rings is 1. The van der Waals surface area contributed by atoms with Crippen molar-refractivity contribution in [2.24, 2.45) is 5.92 Å². The lowest BCUT2D eigenvalue weighted by Gasteiger charge is -2.34. The summed E-state index contributed by atoms with van der Waals surface area (Å²) in [6.07, 6.45) is 0.357. The Kier molecular flexibility index (Phi) is 7.85. The zero-order valence-electron chi connectivity index (χ0n) is 18.9. The second kappa shape index (κ2) is 10.1. The van der Waals surface area contributed by atoms with Crippen molar-refractivity contribution in [2.45, 2.75) is 63.7 Å². The Bertz CT molecular complexity index is 951. The van der Waals surface area contributed by atoms with Crippen LogP contribution in [-0.2, 0) is 24.3 Å². The molecule has 2 fully saturated rings. The van der Waals surface area contributed by atoms with E-state index in [4.69, 9.17) is 21.1 Å². The molecule has 0 aliphatic carbocycles. The van der Waals surface area contributed by atoms with Gasteiger partial charge in [0, 0.05) is 26.2 Å². The molecule has 0 aromatic heterocycles. The van der Waals surface area contributed by atoms with Crippen molar-refractivity contribution in [1.29, 1.82) is 0 Å². The zero-order valence-corrected chi connectivity index (χ0v) is 20.5. The van der Waals surface area contributed by atoms with Gasteiger partial charge in [0.25, 0.3) is 5.91 Å². The fraction of sp³-hybridized carbons (Fsp3) is 0.636. The molecule has 2 saturated heterocycles. The molecule has 2 aliphatic rings. The number of ether oxygens (including phenoxy) is 2. The van der Waals surface area contributed by atoms with E-state index in [0.717, 1.165) is 12.8 Å². The minimum Gasteiger partial charge on any atom is -0.449 e. The molecular formula is C22H31ClN2O6S. The van der Waals surface area contributed by atoms with Crippen LogP contribution >= 0.6 is 11.6 Å². The smallest absolute Gasteiger partial charge is 0.338 e. The van der Waals surface area contributed by atoms with Crippen LogP contribution in [0.25, 0.3) is 0 Å². The van der Waals surface area contributed by atoms with Crippen molar-refractivity contribution >= 4 is 33.5 Å². The molecule has 178 valence electrons. The number of nitrogens with zero attached hydrogens (tertiary/aromatic N) is 2. The van der Waals surface area contributed by atoms with Crippen molar-refractivity contribution in [2.75, 3.05) is 26.2 Å². The highest BCUT2D eigenvalue weighted by Gasteiger charge is 2.34. The number of rotatable bonds is 5. The van der Waals surface area contributed by atoms with Gasteiger partial charge in [0.05, 0.1) is 22.8 Å². The first-order chi connectivity index (χ1) is 15.0. The molecule has 0 spiro atoms. The quantitative estimate of drug-likeness (QED) is 0.594. The third-order valence-electron chi connectivity index (χ3n) is 5.90. The van der Waals surface area contributed by atoms with E-state index >= 15 is 0 Å². The topological polar surface area (TPSA) is 93.2 Å². The number of piperidine rings is 1. The van der Waals surface area contributed by atoms with Gasteiger partial charge in [0.1, 0.15) is 4.90 Å². The van der Waals surface area contributed by atoms with Gasteiger partial charge < -0.3 is 14.4 Å². The Morgan fingerprint density at radius 2 is 1.72 bits per heavy atom. The highest BCUT2D eigenvalue weighted by atomic mass is 35.5. The van der Waals surface area contributed by atoms with Crippen LogP contribution < -0.4 is 0 Å². The molecule has 0 bridgehead atoms. The maximum atomic E-state index is 13.2. The van der Waals surface area contributed by atoms with E-state index in [2.05, 4.69) is 6.92 Å². The lowest BCUT2D eigenvalue weighted by Crippen LogP contribution is -2.48. The summed E-state index contributed by atoms with van der Waals surface area (Å²) in [6, 6.07) is 3.97. The summed E-state index contributed by atoms with van der Waals surface area (Å²) in [7, 11) is -3.94. The van der Waals surface area contributed by atoms with E-state index in [-0.39, 0.29) is 46.7 Å². The molecule has 1 aromatic carbocycles. The molecule has 0 unspecified atom stereocenters. The van der Waals surface area contributed by atoms with E-state index in [1.54, 1.807) is 18.7 Å². The van der Waals surface area contributed by atoms with E-state index in [1.165, 1.54) is 29.4 Å². The summed E-state index contributed by atoms with van der Waals surface area (Å²) < 4.78 is 38.7. The number of sulfonamides is 1. The molecule has 2 heterocycles. The highest BCUT2D eigenvalue weighted by molar-refractivity contribution is 7.89. The van der Waals surface area contributed by atoms with Crippen LogP contribution in [0.1, 0.15) is 50.9 Å². The van der Waals surface area contributed by atoms with Gasteiger partial charge >= 0.3 is 5.97 Å². The fourth-order valence-corrected chi connectivity index (χ4v) is 6.15. The van der Waals surface area contributed by atoms with Crippen LogP contribution in [0.2, 0.25) is 5.02 Å². The van der Waals surface area contributed by atoms with Crippen molar-refractivity contribution in [3.8, 4) is 0 Å². The predicted octanol–water partition coefficient (Wildman–Crippen LogP) is 2.94. The number of hydrogen-bond donors (Lipinski definition) is 0. The van der Waals surface area contributed by atoms with Gasteiger partial charge in [-0.25, -0.2) is 13.2 Å². The number of esters is 1. The van der Waals surface area contributed by atoms with Gasteiger partial charge in [0.15, 0.2) is 6.10 Å². The maximum Gasteiger partial charge on any atom is 0.338 e. The average molecular weight is 487 g/mol. The summed E-state index contributed by atoms with van der Waals surface area (Å²) in [6.45, 7) is 8.94. The van der Waals surface area contributed by atoms with Gasteiger partial charge in [0.2, 0.25) is 10.0 Å². The van der Waals surface area contributed by atoms with Crippen LogP contribution in [0.3, 0.4) is 0 Å². The van der Waals surface area contributed by atoms with Crippen molar-refractivity contribution in [3.63, 3.8) is 0 Å². The third kappa shape index (κ3) is 5.62. The van der Waals surface area contributed by atoms with Crippen molar-refractivity contribution < 1.29 is 27.5 Å². The number of carbonyl (C=O) groups is 2. The molecule has 0 saturated carbocycles. The Morgan fingerprint density at radius 3 is 2.31 bits per heavy atom. The first kappa shape index (κ1) is 25.0. The number of carbonyl (C=O) groups excluding carboxylic acids is 2. The number of likely N-dealkylation sites (tertiary alicyclic amines) is 1. The molecule has 2 aliphatic heterocycles. The Balaban J connectivity index is 1.74. The number of halogens is 1. The van der Waals surface area contributed by atoms with Crippen molar-refractivity contribution in [1.82, 2.24) is 9.21 Å². The predicted molar refractivity (Wildman–Crippen MR) is 120 cm³/mol. The van der Waals surface area contributed by atoms with Crippen LogP contribution in [0.15, 0.2) is 23.1 Å². The maximum absolute atomic E-state index is 13.2.